The van der Waals surface area contributed by atoms with E-state index >= 15 is 0 Å². The Morgan fingerprint density at radius 3 is 2.55 bits per heavy atom. The van der Waals surface area contributed by atoms with Gasteiger partial charge in [0, 0.05) is 10.9 Å². The van der Waals surface area contributed by atoms with Crippen molar-refractivity contribution < 1.29 is 13.2 Å². The van der Waals surface area contributed by atoms with Crippen LogP contribution in [0.2, 0.25) is 10.0 Å². The Kier molecular flexibility index (Phi) is 6.95. The number of hydrogen-bond acceptors (Lipinski definition) is 5. The third-order valence-electron chi connectivity index (χ3n) is 4.11. The smallest absolute Gasteiger partial charge is 0.239 e. The highest BCUT2D eigenvalue weighted by Crippen LogP contribution is 2.29. The molecular weight excluding hydrogens is 451 g/mol. The van der Waals surface area contributed by atoms with Crippen LogP contribution in [0.4, 0.5) is 5.69 Å². The number of benzene rings is 2. The van der Waals surface area contributed by atoms with Gasteiger partial charge in [0.25, 0.3) is 0 Å². The standard InChI is InChI=1S/C20H18Cl2N2O3S2/c1-2-13-6-8-14(9-7-13)20-23-15(10-28-20)11-29(26,27)12-18(25)24-17-5-3-4-16(21)19(17)22/h3-10H,2,11-12H2,1H3,(H,24,25). The third kappa shape index (κ3) is 5.79. The number of sulfone groups is 1. The number of nitrogens with one attached hydrogen (secondary N) is 1. The van der Waals surface area contributed by atoms with E-state index in [1.165, 1.54) is 16.9 Å². The number of hydrogen-bond donors (Lipinski definition) is 1. The van der Waals surface area contributed by atoms with Crippen LogP contribution in [0.1, 0.15) is 18.2 Å². The van der Waals surface area contributed by atoms with E-state index in [4.69, 9.17) is 23.2 Å². The summed E-state index contributed by atoms with van der Waals surface area (Å²) in [5.41, 5.74) is 2.84. The molecule has 0 aliphatic heterocycles. The van der Waals surface area contributed by atoms with Gasteiger partial charge >= 0.3 is 0 Å². The first-order valence-electron chi connectivity index (χ1n) is 8.75. The number of aryl methyl sites for hydroxylation is 1. The lowest BCUT2D eigenvalue weighted by Gasteiger charge is -2.08. The predicted molar refractivity (Wildman–Crippen MR) is 120 cm³/mol. The van der Waals surface area contributed by atoms with Crippen LogP contribution < -0.4 is 5.32 Å². The highest BCUT2D eigenvalue weighted by molar-refractivity contribution is 7.91. The zero-order chi connectivity index (χ0) is 21.0. The molecule has 152 valence electrons. The van der Waals surface area contributed by atoms with Crippen molar-refractivity contribution in [3.63, 3.8) is 0 Å². The maximum absolute atomic E-state index is 12.4. The van der Waals surface area contributed by atoms with Crippen molar-refractivity contribution in [2.75, 3.05) is 11.1 Å². The van der Waals surface area contributed by atoms with Gasteiger partial charge in [-0.3, -0.25) is 4.79 Å². The van der Waals surface area contributed by atoms with E-state index in [9.17, 15) is 13.2 Å². The van der Waals surface area contributed by atoms with E-state index in [0.717, 1.165) is 17.0 Å². The van der Waals surface area contributed by atoms with Gasteiger partial charge in [-0.15, -0.1) is 11.3 Å². The molecule has 1 amide bonds. The molecular formula is C20H18Cl2N2O3S2. The Morgan fingerprint density at radius 2 is 1.86 bits per heavy atom. The van der Waals surface area contributed by atoms with E-state index in [1.54, 1.807) is 23.6 Å². The minimum absolute atomic E-state index is 0.165. The fourth-order valence-electron chi connectivity index (χ4n) is 2.65. The number of carbonyl (C=O) groups excluding carboxylic acids is 1. The second-order valence-corrected chi connectivity index (χ2v) is 10.1. The molecule has 0 bridgehead atoms. The Hall–Kier alpha value is -1.93. The van der Waals surface area contributed by atoms with Crippen molar-refractivity contribution in [1.29, 1.82) is 0 Å². The lowest BCUT2D eigenvalue weighted by atomic mass is 10.1. The van der Waals surface area contributed by atoms with Crippen LogP contribution in [0.25, 0.3) is 10.6 Å². The summed E-state index contributed by atoms with van der Waals surface area (Å²) in [6.45, 7) is 2.08. The molecule has 1 heterocycles. The minimum atomic E-state index is -3.70. The highest BCUT2D eigenvalue weighted by Gasteiger charge is 2.20. The summed E-state index contributed by atoms with van der Waals surface area (Å²) < 4.78 is 24.9. The maximum atomic E-state index is 12.4. The Labute approximate surface area is 183 Å². The molecule has 3 aromatic rings. The molecule has 0 saturated carbocycles. The number of nitrogens with zero attached hydrogens (tertiary/aromatic N) is 1. The average molecular weight is 469 g/mol. The number of halogens is 2. The fourth-order valence-corrected chi connectivity index (χ4v) is 5.10. The number of thiazole rings is 1. The average Bonchev–Trinajstić information content (AvgIpc) is 3.12. The second-order valence-electron chi connectivity index (χ2n) is 6.38. The van der Waals surface area contributed by atoms with Gasteiger partial charge in [-0.2, -0.15) is 0 Å². The fraction of sp³-hybridized carbons (Fsp3) is 0.200. The molecule has 0 spiro atoms. The van der Waals surface area contributed by atoms with Crippen molar-refractivity contribution in [1.82, 2.24) is 4.98 Å². The number of rotatable bonds is 7. The SMILES string of the molecule is CCc1ccc(-c2nc(CS(=O)(=O)CC(=O)Nc3cccc(Cl)c3Cl)cs2)cc1. The highest BCUT2D eigenvalue weighted by atomic mass is 35.5. The largest absolute Gasteiger partial charge is 0.324 e. The molecule has 2 aromatic carbocycles. The topological polar surface area (TPSA) is 76.1 Å². The van der Waals surface area contributed by atoms with Gasteiger partial charge in [0.05, 0.1) is 27.2 Å². The van der Waals surface area contributed by atoms with Crippen LogP contribution in [0.3, 0.4) is 0 Å². The van der Waals surface area contributed by atoms with Crippen molar-refractivity contribution in [3.05, 3.63) is 69.1 Å². The summed E-state index contributed by atoms with van der Waals surface area (Å²) in [5.74, 6) is -1.67. The van der Waals surface area contributed by atoms with Gasteiger partial charge in [-0.05, 0) is 24.1 Å². The van der Waals surface area contributed by atoms with Crippen molar-refractivity contribution in [2.24, 2.45) is 0 Å². The van der Waals surface area contributed by atoms with E-state index in [1.807, 2.05) is 24.3 Å². The number of amides is 1. The summed E-state index contributed by atoms with van der Waals surface area (Å²) in [5, 5.41) is 5.36. The Balaban J connectivity index is 1.65. The quantitative estimate of drug-likeness (QED) is 0.514. The molecule has 0 atom stereocenters. The lowest BCUT2D eigenvalue weighted by molar-refractivity contribution is -0.113. The zero-order valence-corrected chi connectivity index (χ0v) is 18.6. The molecule has 0 fully saturated rings. The van der Waals surface area contributed by atoms with E-state index in [-0.39, 0.29) is 21.5 Å². The number of aromatic nitrogens is 1. The van der Waals surface area contributed by atoms with Crippen molar-refractivity contribution in [2.45, 2.75) is 19.1 Å². The van der Waals surface area contributed by atoms with E-state index in [2.05, 4.69) is 17.2 Å². The molecule has 0 radical (unpaired) electrons. The molecule has 29 heavy (non-hydrogen) atoms. The number of carbonyl (C=O) groups is 1. The van der Waals surface area contributed by atoms with Crippen LogP contribution in [-0.2, 0) is 26.8 Å². The van der Waals surface area contributed by atoms with Gasteiger partial charge in [0.15, 0.2) is 9.84 Å². The molecule has 1 N–H and O–H groups in total. The van der Waals surface area contributed by atoms with Gasteiger partial charge in [0.1, 0.15) is 10.8 Å². The van der Waals surface area contributed by atoms with Crippen LogP contribution >= 0.6 is 34.5 Å². The summed E-state index contributed by atoms with van der Waals surface area (Å²) in [6, 6.07) is 12.7. The number of anilines is 1. The normalized spacial score (nSPS) is 11.4. The Bertz CT molecular complexity index is 1130. The van der Waals surface area contributed by atoms with E-state index in [0.29, 0.717) is 5.69 Å². The Morgan fingerprint density at radius 1 is 1.14 bits per heavy atom. The van der Waals surface area contributed by atoms with Gasteiger partial charge in [0.2, 0.25) is 5.91 Å². The zero-order valence-electron chi connectivity index (χ0n) is 15.5. The molecule has 0 saturated heterocycles. The lowest BCUT2D eigenvalue weighted by Crippen LogP contribution is -2.24. The molecule has 0 aliphatic carbocycles. The first-order chi connectivity index (χ1) is 13.8. The summed E-state index contributed by atoms with van der Waals surface area (Å²) >= 11 is 13.3. The molecule has 0 aliphatic rings. The molecule has 9 heteroatoms. The summed E-state index contributed by atoms with van der Waals surface area (Å²) in [7, 11) is -3.70. The van der Waals surface area contributed by atoms with Crippen molar-refractivity contribution in [3.8, 4) is 10.6 Å². The van der Waals surface area contributed by atoms with Crippen molar-refractivity contribution >= 4 is 56.0 Å². The van der Waals surface area contributed by atoms with Crippen LogP contribution in [0.5, 0.6) is 0 Å². The first-order valence-corrected chi connectivity index (χ1v) is 12.2. The second kappa shape index (κ2) is 9.26. The molecule has 5 nitrogen and oxygen atoms in total. The van der Waals surface area contributed by atoms with Gasteiger partial charge in [-0.1, -0.05) is 60.5 Å². The molecule has 3 rings (SSSR count). The van der Waals surface area contributed by atoms with Crippen LogP contribution in [-0.4, -0.2) is 25.1 Å². The van der Waals surface area contributed by atoms with E-state index < -0.39 is 21.5 Å². The third-order valence-corrected chi connectivity index (χ3v) is 7.30. The maximum Gasteiger partial charge on any atom is 0.239 e. The molecule has 0 unspecified atom stereocenters. The summed E-state index contributed by atoms with van der Waals surface area (Å²) in [4.78, 5) is 16.6. The van der Waals surface area contributed by atoms with Crippen LogP contribution in [0.15, 0.2) is 47.8 Å². The predicted octanol–water partition coefficient (Wildman–Crippen LogP) is 5.23. The monoisotopic (exact) mass is 468 g/mol. The summed E-state index contributed by atoms with van der Waals surface area (Å²) in [6.07, 6.45) is 0.949. The molecule has 1 aromatic heterocycles. The van der Waals surface area contributed by atoms with Crippen LogP contribution in [0, 0.1) is 0 Å². The first kappa shape index (κ1) is 21.8. The van der Waals surface area contributed by atoms with Gasteiger partial charge < -0.3 is 5.32 Å². The van der Waals surface area contributed by atoms with Gasteiger partial charge in [-0.25, -0.2) is 13.4 Å². The minimum Gasteiger partial charge on any atom is -0.324 e.